The summed E-state index contributed by atoms with van der Waals surface area (Å²) in [7, 11) is 0. The third-order valence-corrected chi connectivity index (χ3v) is 6.58. The van der Waals surface area contributed by atoms with Crippen molar-refractivity contribution in [3.05, 3.63) is 63.6 Å². The lowest BCUT2D eigenvalue weighted by atomic mass is 10.2. The van der Waals surface area contributed by atoms with Crippen LogP contribution in [0.25, 0.3) is 5.82 Å². The fourth-order valence-corrected chi connectivity index (χ4v) is 4.78. The molecule has 0 bridgehead atoms. The van der Waals surface area contributed by atoms with E-state index in [-0.39, 0.29) is 5.78 Å². The first-order valence-electron chi connectivity index (χ1n) is 9.21. The number of carbonyl (C=O) groups excluding carboxylic acids is 1. The summed E-state index contributed by atoms with van der Waals surface area (Å²) in [5, 5.41) is 15.1. The summed E-state index contributed by atoms with van der Waals surface area (Å²) in [5.41, 5.74) is 2.50. The maximum Gasteiger partial charge on any atom is 0.191 e. The molecule has 0 N–H and O–H groups in total. The molecule has 4 aromatic rings. The van der Waals surface area contributed by atoms with Gasteiger partial charge in [-0.15, -0.1) is 21.5 Å². The Bertz CT molecular complexity index is 1120. The first kappa shape index (κ1) is 19.7. The highest BCUT2D eigenvalue weighted by Crippen LogP contribution is 2.24. The molecule has 0 atom stereocenters. The molecule has 0 aliphatic heterocycles. The maximum atomic E-state index is 12.9. The van der Waals surface area contributed by atoms with Crippen LogP contribution in [0.15, 0.2) is 45.7 Å². The highest BCUT2D eigenvalue weighted by molar-refractivity contribution is 7.99. The predicted octanol–water partition coefficient (Wildman–Crippen LogP) is 4.26. The Hall–Kier alpha value is -2.65. The molecular weight excluding hydrogens is 406 g/mol. The number of nitrogens with zero attached hydrogens (tertiary/aromatic N) is 5. The van der Waals surface area contributed by atoms with Gasteiger partial charge in [0, 0.05) is 34.4 Å². The zero-order valence-electron chi connectivity index (χ0n) is 16.5. The Morgan fingerprint density at radius 2 is 2.14 bits per heavy atom. The van der Waals surface area contributed by atoms with E-state index >= 15 is 0 Å². The van der Waals surface area contributed by atoms with Gasteiger partial charge in [0.2, 0.25) is 0 Å². The van der Waals surface area contributed by atoms with Crippen molar-refractivity contribution in [3.63, 3.8) is 0 Å². The summed E-state index contributed by atoms with van der Waals surface area (Å²) in [6, 6.07) is 7.94. The maximum absolute atomic E-state index is 12.9. The summed E-state index contributed by atoms with van der Waals surface area (Å²) in [6.07, 6.45) is 2.65. The molecule has 0 saturated heterocycles. The van der Waals surface area contributed by atoms with E-state index in [0.717, 1.165) is 35.3 Å². The predicted molar refractivity (Wildman–Crippen MR) is 113 cm³/mol. The van der Waals surface area contributed by atoms with Gasteiger partial charge in [-0.3, -0.25) is 9.36 Å². The number of hydrogen-bond acceptors (Lipinski definition) is 7. The minimum Gasteiger partial charge on any atom is -0.360 e. The molecule has 9 heteroatoms. The molecule has 29 heavy (non-hydrogen) atoms. The molecule has 0 saturated carbocycles. The molecule has 4 aromatic heterocycles. The van der Waals surface area contributed by atoms with Gasteiger partial charge < -0.3 is 9.09 Å². The minimum atomic E-state index is 0.0578. The van der Waals surface area contributed by atoms with E-state index in [4.69, 9.17) is 4.52 Å². The van der Waals surface area contributed by atoms with Crippen molar-refractivity contribution in [1.29, 1.82) is 0 Å². The highest BCUT2D eigenvalue weighted by atomic mass is 32.2. The largest absolute Gasteiger partial charge is 0.360 e. The van der Waals surface area contributed by atoms with Crippen molar-refractivity contribution in [1.82, 2.24) is 24.5 Å². The fraction of sp³-hybridized carbons (Fsp3) is 0.300. The molecule has 0 unspecified atom stereocenters. The van der Waals surface area contributed by atoms with Gasteiger partial charge in [-0.2, -0.15) is 0 Å². The topological polar surface area (TPSA) is 78.7 Å². The van der Waals surface area contributed by atoms with E-state index in [0.29, 0.717) is 17.1 Å². The fourth-order valence-electron chi connectivity index (χ4n) is 3.26. The van der Waals surface area contributed by atoms with Gasteiger partial charge in [0.1, 0.15) is 12.1 Å². The third-order valence-electron chi connectivity index (χ3n) is 4.67. The third kappa shape index (κ3) is 4.20. The first-order chi connectivity index (χ1) is 14.0. The van der Waals surface area contributed by atoms with Crippen LogP contribution in [0.4, 0.5) is 0 Å². The molecule has 0 radical (unpaired) electrons. The first-order valence-corrected chi connectivity index (χ1v) is 11.1. The van der Waals surface area contributed by atoms with Crippen molar-refractivity contribution in [2.45, 2.75) is 38.9 Å². The summed E-state index contributed by atoms with van der Waals surface area (Å²) < 4.78 is 9.12. The van der Waals surface area contributed by atoms with Crippen molar-refractivity contribution in [2.75, 3.05) is 5.75 Å². The van der Waals surface area contributed by atoms with Crippen molar-refractivity contribution < 1.29 is 9.32 Å². The van der Waals surface area contributed by atoms with E-state index in [1.807, 2.05) is 42.0 Å². The van der Waals surface area contributed by atoms with E-state index in [2.05, 4.69) is 32.9 Å². The van der Waals surface area contributed by atoms with Crippen LogP contribution in [-0.2, 0) is 13.0 Å². The lowest BCUT2D eigenvalue weighted by molar-refractivity contribution is 0.102. The lowest BCUT2D eigenvalue weighted by Crippen LogP contribution is -2.07. The summed E-state index contributed by atoms with van der Waals surface area (Å²) >= 11 is 3.16. The monoisotopic (exact) mass is 427 g/mol. The minimum absolute atomic E-state index is 0.0578. The SMILES string of the molecule is Cc1cc(-n2c(C)cc(C(=O)CSc3nncn3CCc3cccs3)c2C)no1. The lowest BCUT2D eigenvalue weighted by Gasteiger charge is -2.06. The van der Waals surface area contributed by atoms with Gasteiger partial charge in [-0.05, 0) is 44.7 Å². The number of Topliss-reactive ketones (excluding diaryl/α,β-unsaturated/α-hetero) is 1. The Balaban J connectivity index is 1.44. The quantitative estimate of drug-likeness (QED) is 0.309. The number of carbonyl (C=O) groups is 1. The second kappa shape index (κ2) is 8.38. The van der Waals surface area contributed by atoms with Gasteiger partial charge in [0.25, 0.3) is 0 Å². The Labute approximate surface area is 176 Å². The zero-order chi connectivity index (χ0) is 20.4. The molecular formula is C20H21N5O2S2. The normalized spacial score (nSPS) is 11.3. The second-order valence-corrected chi connectivity index (χ2v) is 8.74. The van der Waals surface area contributed by atoms with Crippen LogP contribution >= 0.6 is 23.1 Å². The number of aryl methyl sites for hydroxylation is 4. The van der Waals surface area contributed by atoms with Crippen LogP contribution in [0.3, 0.4) is 0 Å². The number of thiophene rings is 1. The van der Waals surface area contributed by atoms with Crippen molar-refractivity contribution in [2.24, 2.45) is 0 Å². The molecule has 150 valence electrons. The van der Waals surface area contributed by atoms with Gasteiger partial charge >= 0.3 is 0 Å². The second-order valence-electron chi connectivity index (χ2n) is 6.76. The van der Waals surface area contributed by atoms with Gasteiger partial charge in [0.05, 0.1) is 5.75 Å². The zero-order valence-corrected chi connectivity index (χ0v) is 18.1. The van der Waals surface area contributed by atoms with E-state index in [1.54, 1.807) is 17.7 Å². The average Bonchev–Trinajstić information content (AvgIpc) is 3.47. The molecule has 4 rings (SSSR count). The Morgan fingerprint density at radius 1 is 1.28 bits per heavy atom. The van der Waals surface area contributed by atoms with Crippen LogP contribution in [-0.4, -0.2) is 36.0 Å². The molecule has 0 spiro atoms. The van der Waals surface area contributed by atoms with Gasteiger partial charge in [-0.1, -0.05) is 23.0 Å². The summed E-state index contributed by atoms with van der Waals surface area (Å²) in [4.78, 5) is 14.2. The standard InChI is InChI=1S/C20H21N5O2S2/c1-13-9-17(15(3)25(13)19-10-14(2)27-23-19)18(26)11-29-20-22-21-12-24(20)7-6-16-5-4-8-28-16/h4-5,8-10,12H,6-7,11H2,1-3H3. The highest BCUT2D eigenvalue weighted by Gasteiger charge is 2.19. The number of rotatable bonds is 8. The van der Waals surface area contributed by atoms with Crippen LogP contribution in [0, 0.1) is 20.8 Å². The number of ketones is 1. The summed E-state index contributed by atoms with van der Waals surface area (Å²) in [6.45, 7) is 6.53. The molecule has 0 aromatic carbocycles. The molecule has 0 aliphatic carbocycles. The van der Waals surface area contributed by atoms with Crippen LogP contribution in [0.2, 0.25) is 0 Å². The van der Waals surface area contributed by atoms with Crippen molar-refractivity contribution >= 4 is 28.9 Å². The smallest absolute Gasteiger partial charge is 0.191 e. The number of aromatic nitrogens is 5. The van der Waals surface area contributed by atoms with E-state index < -0.39 is 0 Å². The molecule has 7 nitrogen and oxygen atoms in total. The number of hydrogen-bond donors (Lipinski definition) is 0. The van der Waals surface area contributed by atoms with Crippen molar-refractivity contribution in [3.8, 4) is 5.82 Å². The number of thioether (sulfide) groups is 1. The molecule has 0 fully saturated rings. The van der Waals surface area contributed by atoms with E-state index in [1.165, 1.54) is 16.6 Å². The molecule has 0 aliphatic rings. The molecule has 0 amide bonds. The Kier molecular flexibility index (Phi) is 5.68. The van der Waals surface area contributed by atoms with E-state index in [9.17, 15) is 4.79 Å². The van der Waals surface area contributed by atoms with Crippen LogP contribution in [0.1, 0.15) is 32.4 Å². The Morgan fingerprint density at radius 3 is 2.86 bits per heavy atom. The van der Waals surface area contributed by atoms with Gasteiger partial charge in [-0.25, -0.2) is 0 Å². The summed E-state index contributed by atoms with van der Waals surface area (Å²) in [5.74, 6) is 1.79. The van der Waals surface area contributed by atoms with Gasteiger partial charge in [0.15, 0.2) is 16.8 Å². The average molecular weight is 428 g/mol. The molecule has 4 heterocycles. The van der Waals surface area contributed by atoms with Crippen LogP contribution in [0.5, 0.6) is 0 Å². The van der Waals surface area contributed by atoms with Crippen LogP contribution < -0.4 is 0 Å².